The van der Waals surface area contributed by atoms with Crippen molar-refractivity contribution in [2.45, 2.75) is 18.7 Å². The van der Waals surface area contributed by atoms with Gasteiger partial charge in [-0.3, -0.25) is 29.4 Å². The smallest absolute Gasteiger partial charge is 0.271 e. The van der Waals surface area contributed by atoms with Crippen molar-refractivity contribution in [2.24, 2.45) is 5.92 Å². The van der Waals surface area contributed by atoms with Gasteiger partial charge in [0.2, 0.25) is 5.91 Å². The fraction of sp³-hybridized carbons (Fsp3) is 0.167. The van der Waals surface area contributed by atoms with Gasteiger partial charge in [-0.1, -0.05) is 48.5 Å². The summed E-state index contributed by atoms with van der Waals surface area (Å²) in [6.07, 6.45) is -1.06. The number of nitro groups is 1. The Labute approximate surface area is 188 Å². The molecule has 0 saturated carbocycles. The van der Waals surface area contributed by atoms with E-state index in [0.717, 1.165) is 5.56 Å². The predicted molar refractivity (Wildman–Crippen MR) is 117 cm³/mol. The van der Waals surface area contributed by atoms with Gasteiger partial charge in [-0.25, -0.2) is 5.06 Å². The number of carbonyl (C=O) groups excluding carboxylic acids is 2. The molecule has 0 unspecified atom stereocenters. The van der Waals surface area contributed by atoms with Gasteiger partial charge < -0.3 is 5.11 Å². The molecule has 9 heteroatoms. The van der Waals surface area contributed by atoms with E-state index in [4.69, 9.17) is 4.84 Å². The van der Waals surface area contributed by atoms with Gasteiger partial charge in [0.15, 0.2) is 6.10 Å². The van der Waals surface area contributed by atoms with Gasteiger partial charge in [0.05, 0.1) is 23.2 Å². The number of rotatable bonds is 5. The maximum atomic E-state index is 13.4. The lowest BCUT2D eigenvalue weighted by Gasteiger charge is -2.28. The first kappa shape index (κ1) is 20.7. The van der Waals surface area contributed by atoms with Crippen LogP contribution in [0.4, 0.5) is 11.4 Å². The van der Waals surface area contributed by atoms with E-state index < -0.39 is 28.9 Å². The molecule has 166 valence electrons. The molecule has 9 nitrogen and oxygen atoms in total. The molecule has 0 radical (unpaired) electrons. The molecule has 3 atom stereocenters. The number of benzene rings is 3. The number of hydrogen-bond acceptors (Lipinski definition) is 7. The Hall–Kier alpha value is -4.24. The number of carbonyl (C=O) groups is 2. The van der Waals surface area contributed by atoms with Crippen molar-refractivity contribution in [3.05, 3.63) is 100 Å². The number of nitrogens with zero attached hydrogens (tertiary/aromatic N) is 3. The summed E-state index contributed by atoms with van der Waals surface area (Å²) >= 11 is 0. The SMILES string of the molecule is O=C1[C@H]2[C@H](ON(c3cccc([N+](=O)[O-])c3)[C@@H]2c2ccc(O)cc2)C(=O)N1Cc1ccccc1. The summed E-state index contributed by atoms with van der Waals surface area (Å²) in [5, 5.41) is 22.4. The van der Waals surface area contributed by atoms with Gasteiger partial charge in [-0.15, -0.1) is 0 Å². The van der Waals surface area contributed by atoms with Crippen LogP contribution in [0.1, 0.15) is 17.2 Å². The second kappa shape index (κ2) is 8.03. The van der Waals surface area contributed by atoms with Gasteiger partial charge in [0.1, 0.15) is 11.7 Å². The van der Waals surface area contributed by atoms with Crippen LogP contribution in [0.3, 0.4) is 0 Å². The number of fused-ring (bicyclic) bond motifs is 1. The summed E-state index contributed by atoms with van der Waals surface area (Å²) in [5.41, 5.74) is 1.67. The van der Waals surface area contributed by atoms with Gasteiger partial charge in [0.25, 0.3) is 11.6 Å². The first-order chi connectivity index (χ1) is 15.9. The lowest BCUT2D eigenvalue weighted by atomic mass is 9.90. The number of non-ortho nitro benzene ring substituents is 1. The van der Waals surface area contributed by atoms with Crippen molar-refractivity contribution in [1.29, 1.82) is 0 Å². The van der Waals surface area contributed by atoms with Crippen LogP contribution in [-0.4, -0.2) is 32.8 Å². The molecule has 1 N–H and O–H groups in total. The van der Waals surface area contributed by atoms with Gasteiger partial charge >= 0.3 is 0 Å². The van der Waals surface area contributed by atoms with Crippen molar-refractivity contribution in [1.82, 2.24) is 4.90 Å². The number of nitro benzene ring substituents is 1. The van der Waals surface area contributed by atoms with Crippen molar-refractivity contribution in [3.63, 3.8) is 0 Å². The summed E-state index contributed by atoms with van der Waals surface area (Å²) in [5.74, 6) is -1.62. The molecule has 2 aliphatic rings. The number of phenols is 1. The highest BCUT2D eigenvalue weighted by Crippen LogP contribution is 2.47. The van der Waals surface area contributed by atoms with E-state index in [9.17, 15) is 24.8 Å². The third-order valence-electron chi connectivity index (χ3n) is 5.92. The minimum Gasteiger partial charge on any atom is -0.508 e. The van der Waals surface area contributed by atoms with Crippen molar-refractivity contribution < 1.29 is 24.5 Å². The lowest BCUT2D eigenvalue weighted by Crippen LogP contribution is -2.36. The lowest BCUT2D eigenvalue weighted by molar-refractivity contribution is -0.384. The molecule has 2 fully saturated rings. The largest absolute Gasteiger partial charge is 0.508 e. The maximum Gasteiger partial charge on any atom is 0.271 e. The molecule has 5 rings (SSSR count). The normalized spacial score (nSPS) is 22.0. The fourth-order valence-electron chi connectivity index (χ4n) is 4.37. The molecule has 2 aliphatic heterocycles. The summed E-state index contributed by atoms with van der Waals surface area (Å²) in [6, 6.07) is 20.6. The fourth-order valence-corrected chi connectivity index (χ4v) is 4.37. The Morgan fingerprint density at radius 1 is 0.939 bits per heavy atom. The first-order valence-corrected chi connectivity index (χ1v) is 10.3. The second-order valence-corrected chi connectivity index (χ2v) is 7.94. The van der Waals surface area contributed by atoms with E-state index in [1.165, 1.54) is 40.3 Å². The van der Waals surface area contributed by atoms with E-state index >= 15 is 0 Å². The molecule has 2 saturated heterocycles. The van der Waals surface area contributed by atoms with Gasteiger partial charge in [0, 0.05) is 12.1 Å². The number of phenolic OH excluding ortho intramolecular Hbond substituents is 1. The number of imide groups is 1. The number of amides is 2. The predicted octanol–water partition coefficient (Wildman–Crippen LogP) is 3.35. The number of hydrogen-bond donors (Lipinski definition) is 1. The van der Waals surface area contributed by atoms with Gasteiger partial charge in [-0.2, -0.15) is 0 Å². The number of anilines is 1. The summed E-state index contributed by atoms with van der Waals surface area (Å²) in [7, 11) is 0. The van der Waals surface area contributed by atoms with Crippen LogP contribution in [-0.2, 0) is 21.0 Å². The number of likely N-dealkylation sites (tertiary alicyclic amines) is 1. The molecule has 0 aliphatic carbocycles. The molecular weight excluding hydrogens is 426 g/mol. The van der Waals surface area contributed by atoms with Crippen molar-refractivity contribution >= 4 is 23.2 Å². The molecule has 2 amide bonds. The summed E-state index contributed by atoms with van der Waals surface area (Å²) in [6.45, 7) is 0.133. The highest BCUT2D eigenvalue weighted by atomic mass is 16.7. The van der Waals surface area contributed by atoms with E-state index in [1.807, 2.05) is 30.3 Å². The van der Waals surface area contributed by atoms with Gasteiger partial charge in [-0.05, 0) is 29.3 Å². The molecule has 3 aromatic rings. The Balaban J connectivity index is 1.54. The Morgan fingerprint density at radius 2 is 1.67 bits per heavy atom. The van der Waals surface area contributed by atoms with Crippen LogP contribution in [0.5, 0.6) is 5.75 Å². The molecular formula is C24H19N3O6. The standard InChI is InChI=1S/C24H19N3O6/c28-19-11-9-16(10-12-19)21-20-22(33-26(21)17-7-4-8-18(13-17)27(31)32)24(30)25(23(20)29)14-15-5-2-1-3-6-15/h1-13,20-22,28H,14H2/t20-,21-,22+/m1/s1. The summed E-state index contributed by atoms with van der Waals surface area (Å²) in [4.78, 5) is 44.6. The Morgan fingerprint density at radius 3 is 2.36 bits per heavy atom. The molecule has 2 heterocycles. The average Bonchev–Trinajstić information content (AvgIpc) is 3.32. The van der Waals surface area contributed by atoms with Crippen LogP contribution in [0.15, 0.2) is 78.9 Å². The quantitative estimate of drug-likeness (QED) is 0.364. The second-order valence-electron chi connectivity index (χ2n) is 7.94. The van der Waals surface area contributed by atoms with Crippen molar-refractivity contribution in [2.75, 3.05) is 5.06 Å². The monoisotopic (exact) mass is 445 g/mol. The van der Waals surface area contributed by atoms with E-state index in [-0.39, 0.29) is 23.9 Å². The van der Waals surface area contributed by atoms with E-state index in [1.54, 1.807) is 18.2 Å². The zero-order chi connectivity index (χ0) is 23.1. The Kier molecular flexibility index (Phi) is 5.02. The summed E-state index contributed by atoms with van der Waals surface area (Å²) < 4.78 is 0. The minimum atomic E-state index is -1.06. The number of aromatic hydroxyl groups is 1. The zero-order valence-corrected chi connectivity index (χ0v) is 17.3. The maximum absolute atomic E-state index is 13.4. The third-order valence-corrected chi connectivity index (χ3v) is 5.92. The molecule has 3 aromatic carbocycles. The average molecular weight is 445 g/mol. The molecule has 0 spiro atoms. The molecule has 33 heavy (non-hydrogen) atoms. The van der Waals surface area contributed by atoms with Crippen LogP contribution >= 0.6 is 0 Å². The van der Waals surface area contributed by atoms with Crippen molar-refractivity contribution in [3.8, 4) is 5.75 Å². The van der Waals surface area contributed by atoms with Crippen LogP contribution in [0, 0.1) is 16.0 Å². The van der Waals surface area contributed by atoms with Crippen LogP contribution < -0.4 is 5.06 Å². The van der Waals surface area contributed by atoms with Crippen LogP contribution in [0.25, 0.3) is 0 Å². The first-order valence-electron chi connectivity index (χ1n) is 10.3. The van der Waals surface area contributed by atoms with Crippen LogP contribution in [0.2, 0.25) is 0 Å². The molecule has 0 aromatic heterocycles. The third kappa shape index (κ3) is 3.58. The molecule has 0 bridgehead atoms. The minimum absolute atomic E-state index is 0.0515. The highest BCUT2D eigenvalue weighted by Gasteiger charge is 2.59. The van der Waals surface area contributed by atoms with E-state index in [0.29, 0.717) is 11.3 Å². The Bertz CT molecular complexity index is 1230. The number of hydroxylamine groups is 1. The zero-order valence-electron chi connectivity index (χ0n) is 17.3. The van der Waals surface area contributed by atoms with E-state index in [2.05, 4.69) is 0 Å². The highest BCUT2D eigenvalue weighted by molar-refractivity contribution is 6.07. The topological polar surface area (TPSA) is 113 Å².